The van der Waals surface area contributed by atoms with Crippen LogP contribution in [0.5, 0.6) is 0 Å². The van der Waals surface area contributed by atoms with E-state index in [0.29, 0.717) is 32.2 Å². The summed E-state index contributed by atoms with van der Waals surface area (Å²) >= 11 is 0. The van der Waals surface area contributed by atoms with E-state index in [1.165, 1.54) is 7.11 Å². The van der Waals surface area contributed by atoms with Gasteiger partial charge < -0.3 is 14.4 Å². The first-order valence-electron chi connectivity index (χ1n) is 13.2. The van der Waals surface area contributed by atoms with Gasteiger partial charge in [-0.3, -0.25) is 4.79 Å². The number of amides is 1. The van der Waals surface area contributed by atoms with Crippen molar-refractivity contribution in [2.24, 2.45) is 0 Å². The van der Waals surface area contributed by atoms with Crippen LogP contribution in [-0.2, 0) is 37.1 Å². The van der Waals surface area contributed by atoms with Crippen LogP contribution in [0.2, 0.25) is 0 Å². The van der Waals surface area contributed by atoms with Gasteiger partial charge in [0.15, 0.2) is 0 Å². The van der Waals surface area contributed by atoms with Crippen LogP contribution < -0.4 is 4.72 Å². The number of nitrogens with zero attached hydrogens (tertiary/aromatic N) is 1. The van der Waals surface area contributed by atoms with E-state index in [2.05, 4.69) is 22.9 Å². The fourth-order valence-corrected chi connectivity index (χ4v) is 5.66. The molecule has 9 heteroatoms. The lowest BCUT2D eigenvalue weighted by atomic mass is 9.93. The van der Waals surface area contributed by atoms with Crippen LogP contribution >= 0.6 is 0 Å². The highest BCUT2D eigenvalue weighted by Crippen LogP contribution is 2.29. The second-order valence-corrected chi connectivity index (χ2v) is 12.7. The molecule has 2 aromatic carbocycles. The summed E-state index contributed by atoms with van der Waals surface area (Å²) in [6.45, 7) is 7.47. The highest BCUT2D eigenvalue weighted by atomic mass is 32.2. The summed E-state index contributed by atoms with van der Waals surface area (Å²) in [5.41, 5.74) is 3.59. The average Bonchev–Trinajstić information content (AvgIpc) is 3.24. The number of carbonyl (C=O) groups is 2. The zero-order valence-electron chi connectivity index (χ0n) is 23.0. The van der Waals surface area contributed by atoms with Crippen molar-refractivity contribution in [1.82, 2.24) is 9.62 Å². The summed E-state index contributed by atoms with van der Waals surface area (Å²) in [5.74, 6) is -0.242. The van der Waals surface area contributed by atoms with E-state index in [1.807, 2.05) is 51.1 Å². The molecule has 2 aromatic rings. The Bertz CT molecular complexity index is 1220. The van der Waals surface area contributed by atoms with Crippen molar-refractivity contribution in [2.45, 2.75) is 77.5 Å². The number of methoxy groups -OCH3 is 1. The molecular weight excluding hydrogens is 504 g/mol. The predicted molar refractivity (Wildman–Crippen MR) is 148 cm³/mol. The number of likely N-dealkylation sites (tertiary alicyclic amines) is 1. The number of nitrogens with one attached hydrogen (secondary N) is 1. The van der Waals surface area contributed by atoms with Gasteiger partial charge in [0.1, 0.15) is 5.60 Å². The van der Waals surface area contributed by atoms with E-state index in [1.54, 1.807) is 11.8 Å². The SMILES string of the molecule is CCS(=O)(=O)NC1CCN(C(=O)OC(C)(C)C)C1Cc1cccc(-c2ccccc2CCCC(=O)OC)c1. The Hall–Kier alpha value is -2.91. The lowest BCUT2D eigenvalue weighted by molar-refractivity contribution is -0.140. The van der Waals surface area contributed by atoms with Crippen molar-refractivity contribution in [3.8, 4) is 11.1 Å². The maximum atomic E-state index is 13.0. The molecular formula is C29H40N2O6S. The lowest BCUT2D eigenvalue weighted by Gasteiger charge is -2.31. The highest BCUT2D eigenvalue weighted by Gasteiger charge is 2.40. The van der Waals surface area contributed by atoms with Crippen LogP contribution in [0.1, 0.15) is 58.1 Å². The average molecular weight is 545 g/mol. The Balaban J connectivity index is 1.86. The lowest BCUT2D eigenvalue weighted by Crippen LogP contribution is -2.49. The summed E-state index contributed by atoms with van der Waals surface area (Å²) in [5, 5.41) is 0. The van der Waals surface area contributed by atoms with Crippen molar-refractivity contribution in [3.05, 3.63) is 59.7 Å². The van der Waals surface area contributed by atoms with Gasteiger partial charge in [0.25, 0.3) is 0 Å². The quantitative estimate of drug-likeness (QED) is 0.435. The fourth-order valence-electron chi connectivity index (χ4n) is 4.76. The second kappa shape index (κ2) is 12.8. The number of hydrogen-bond acceptors (Lipinski definition) is 6. The molecule has 2 atom stereocenters. The summed E-state index contributed by atoms with van der Waals surface area (Å²) in [6, 6.07) is 15.4. The van der Waals surface area contributed by atoms with E-state index < -0.39 is 27.8 Å². The molecule has 1 saturated heterocycles. The highest BCUT2D eigenvalue weighted by molar-refractivity contribution is 7.89. The molecule has 1 aliphatic rings. The Labute approximate surface area is 226 Å². The molecule has 2 unspecified atom stereocenters. The van der Waals surface area contributed by atoms with Crippen LogP contribution in [0.4, 0.5) is 4.79 Å². The van der Waals surface area contributed by atoms with Crippen molar-refractivity contribution < 1.29 is 27.5 Å². The van der Waals surface area contributed by atoms with E-state index in [-0.39, 0.29) is 17.8 Å². The molecule has 0 radical (unpaired) electrons. The molecule has 0 saturated carbocycles. The summed E-state index contributed by atoms with van der Waals surface area (Å²) < 4.78 is 38.0. The van der Waals surface area contributed by atoms with E-state index in [0.717, 1.165) is 28.7 Å². The summed E-state index contributed by atoms with van der Waals surface area (Å²) in [6.07, 6.45) is 2.36. The predicted octanol–water partition coefficient (Wildman–Crippen LogP) is 4.71. The molecule has 1 N–H and O–H groups in total. The maximum Gasteiger partial charge on any atom is 0.410 e. The zero-order valence-corrected chi connectivity index (χ0v) is 23.8. The van der Waals surface area contributed by atoms with Gasteiger partial charge >= 0.3 is 12.1 Å². The third-order valence-corrected chi connectivity index (χ3v) is 8.06. The monoisotopic (exact) mass is 544 g/mol. The van der Waals surface area contributed by atoms with E-state index in [4.69, 9.17) is 9.47 Å². The molecule has 3 rings (SSSR count). The first-order chi connectivity index (χ1) is 17.9. The normalized spacial score (nSPS) is 17.9. The number of benzene rings is 2. The number of carbonyl (C=O) groups excluding carboxylic acids is 2. The molecule has 1 fully saturated rings. The van der Waals surface area contributed by atoms with Crippen LogP contribution in [-0.4, -0.2) is 62.5 Å². The second-order valence-electron chi connectivity index (χ2n) is 10.6. The summed E-state index contributed by atoms with van der Waals surface area (Å²) in [4.78, 5) is 26.2. The molecule has 0 aliphatic carbocycles. The molecule has 0 bridgehead atoms. The molecule has 38 heavy (non-hydrogen) atoms. The minimum Gasteiger partial charge on any atom is -0.469 e. The van der Waals surface area contributed by atoms with Gasteiger partial charge in [0.2, 0.25) is 10.0 Å². The van der Waals surface area contributed by atoms with Crippen molar-refractivity contribution >= 4 is 22.1 Å². The fraction of sp³-hybridized carbons (Fsp3) is 0.517. The van der Waals surface area contributed by atoms with Crippen LogP contribution in [0.15, 0.2) is 48.5 Å². The standard InChI is InChI=1S/C29H40N2O6S/c1-6-38(34,35)30-25-17-18-31(28(33)37-29(2,3)4)26(25)20-21-11-9-14-23(19-21)24-15-8-7-12-22(24)13-10-16-27(32)36-5/h7-9,11-12,14-15,19,25-26,30H,6,10,13,16-18,20H2,1-5H3. The van der Waals surface area contributed by atoms with Crippen LogP contribution in [0, 0.1) is 0 Å². The topological polar surface area (TPSA) is 102 Å². The van der Waals surface area contributed by atoms with E-state index in [9.17, 15) is 18.0 Å². The number of hydrogen-bond donors (Lipinski definition) is 1. The molecule has 1 heterocycles. The molecule has 0 aromatic heterocycles. The first kappa shape index (κ1) is 29.6. The van der Waals surface area contributed by atoms with Gasteiger partial charge in [-0.2, -0.15) is 0 Å². The van der Waals surface area contributed by atoms with Gasteiger partial charge in [0, 0.05) is 19.0 Å². The molecule has 208 valence electrons. The van der Waals surface area contributed by atoms with Crippen molar-refractivity contribution in [3.63, 3.8) is 0 Å². The number of aryl methyl sites for hydroxylation is 1. The van der Waals surface area contributed by atoms with Gasteiger partial charge in [-0.1, -0.05) is 48.5 Å². The minimum absolute atomic E-state index is 0.0229. The Morgan fingerprint density at radius 1 is 1.11 bits per heavy atom. The van der Waals surface area contributed by atoms with Gasteiger partial charge in [-0.15, -0.1) is 0 Å². The number of sulfonamides is 1. The molecule has 1 amide bonds. The third-order valence-electron chi connectivity index (χ3n) is 6.64. The zero-order chi connectivity index (χ0) is 27.9. The Morgan fingerprint density at radius 3 is 2.53 bits per heavy atom. The number of ether oxygens (including phenoxy) is 2. The molecule has 1 aliphatic heterocycles. The molecule has 0 spiro atoms. The van der Waals surface area contributed by atoms with Gasteiger partial charge in [0.05, 0.1) is 18.9 Å². The first-order valence-corrected chi connectivity index (χ1v) is 14.8. The van der Waals surface area contributed by atoms with E-state index >= 15 is 0 Å². The number of esters is 1. The van der Waals surface area contributed by atoms with Gasteiger partial charge in [-0.05, 0) is 75.6 Å². The Kier molecular flexibility index (Phi) is 9.95. The smallest absolute Gasteiger partial charge is 0.410 e. The van der Waals surface area contributed by atoms with Crippen LogP contribution in [0.25, 0.3) is 11.1 Å². The minimum atomic E-state index is -3.45. The largest absolute Gasteiger partial charge is 0.469 e. The van der Waals surface area contributed by atoms with Crippen molar-refractivity contribution in [2.75, 3.05) is 19.4 Å². The molecule has 8 nitrogen and oxygen atoms in total. The Morgan fingerprint density at radius 2 is 1.84 bits per heavy atom. The third kappa shape index (κ3) is 8.30. The van der Waals surface area contributed by atoms with Crippen LogP contribution in [0.3, 0.4) is 0 Å². The maximum absolute atomic E-state index is 13.0. The summed E-state index contributed by atoms with van der Waals surface area (Å²) in [7, 11) is -2.05. The number of rotatable bonds is 10. The van der Waals surface area contributed by atoms with Crippen molar-refractivity contribution in [1.29, 1.82) is 0 Å². The van der Waals surface area contributed by atoms with Gasteiger partial charge in [-0.25, -0.2) is 17.9 Å².